The molecule has 3 aromatic heterocycles. The van der Waals surface area contributed by atoms with Crippen LogP contribution in [0.1, 0.15) is 27.7 Å². The second kappa shape index (κ2) is 10.1. The average Bonchev–Trinajstić information content (AvgIpc) is 3.49. The molecule has 7 nitrogen and oxygen atoms in total. The lowest BCUT2D eigenvalue weighted by atomic mass is 10.1. The zero-order valence-corrected chi connectivity index (χ0v) is 20.0. The number of thioether (sulfide) groups is 1. The van der Waals surface area contributed by atoms with Crippen molar-refractivity contribution >= 4 is 34.7 Å². The zero-order chi connectivity index (χ0) is 22.5. The summed E-state index contributed by atoms with van der Waals surface area (Å²) in [5, 5.41) is 19.0. The SMILES string of the molecule is Cc1nn(C)c(C)c1NC(=O)CSc1nnc(Cc2cccs2)n1CCc1ccccc1. The molecule has 1 aromatic carbocycles. The van der Waals surface area contributed by atoms with Crippen LogP contribution >= 0.6 is 23.1 Å². The summed E-state index contributed by atoms with van der Waals surface area (Å²) >= 11 is 3.13. The maximum absolute atomic E-state index is 12.6. The van der Waals surface area contributed by atoms with Crippen LogP contribution in [0.25, 0.3) is 0 Å². The number of nitrogens with one attached hydrogen (secondary N) is 1. The van der Waals surface area contributed by atoms with Gasteiger partial charge in [-0.05, 0) is 37.3 Å². The highest BCUT2D eigenvalue weighted by Crippen LogP contribution is 2.23. The van der Waals surface area contributed by atoms with E-state index in [1.54, 1.807) is 16.0 Å². The fourth-order valence-corrected chi connectivity index (χ4v) is 4.98. The molecule has 9 heteroatoms. The van der Waals surface area contributed by atoms with E-state index in [1.165, 1.54) is 22.2 Å². The number of carbonyl (C=O) groups excluding carboxylic acids is 1. The lowest BCUT2D eigenvalue weighted by Crippen LogP contribution is -2.16. The fraction of sp³-hybridized carbons (Fsp3) is 0.304. The van der Waals surface area contributed by atoms with Crippen LogP contribution in [-0.4, -0.2) is 36.2 Å². The van der Waals surface area contributed by atoms with Gasteiger partial charge in [0.05, 0.1) is 22.8 Å². The van der Waals surface area contributed by atoms with Gasteiger partial charge in [0.25, 0.3) is 0 Å². The first kappa shape index (κ1) is 22.3. The van der Waals surface area contributed by atoms with Gasteiger partial charge in [0, 0.05) is 24.9 Å². The quantitative estimate of drug-likeness (QED) is 0.373. The van der Waals surface area contributed by atoms with Gasteiger partial charge in [-0.1, -0.05) is 48.2 Å². The first-order chi connectivity index (χ1) is 15.5. The monoisotopic (exact) mass is 466 g/mol. The molecule has 3 heterocycles. The number of aryl methyl sites for hydroxylation is 3. The van der Waals surface area contributed by atoms with E-state index in [9.17, 15) is 4.79 Å². The number of hydrogen-bond donors (Lipinski definition) is 1. The first-order valence-corrected chi connectivity index (χ1v) is 12.3. The Morgan fingerprint density at radius 3 is 2.62 bits per heavy atom. The molecule has 0 saturated heterocycles. The summed E-state index contributed by atoms with van der Waals surface area (Å²) in [5.74, 6) is 1.10. The molecule has 0 bridgehead atoms. The summed E-state index contributed by atoms with van der Waals surface area (Å²) in [4.78, 5) is 13.9. The second-order valence-electron chi connectivity index (χ2n) is 7.55. The summed E-state index contributed by atoms with van der Waals surface area (Å²) in [7, 11) is 1.87. The Morgan fingerprint density at radius 1 is 1.12 bits per heavy atom. The van der Waals surface area contributed by atoms with E-state index in [0.717, 1.165) is 47.4 Å². The van der Waals surface area contributed by atoms with E-state index in [2.05, 4.69) is 60.9 Å². The highest BCUT2D eigenvalue weighted by Gasteiger charge is 2.17. The number of anilines is 1. The highest BCUT2D eigenvalue weighted by atomic mass is 32.2. The van der Waals surface area contributed by atoms with E-state index in [0.29, 0.717) is 0 Å². The van der Waals surface area contributed by atoms with Crippen LogP contribution in [0.15, 0.2) is 53.0 Å². The van der Waals surface area contributed by atoms with E-state index < -0.39 is 0 Å². The van der Waals surface area contributed by atoms with E-state index in [-0.39, 0.29) is 11.7 Å². The van der Waals surface area contributed by atoms with E-state index in [1.807, 2.05) is 33.0 Å². The summed E-state index contributed by atoms with van der Waals surface area (Å²) in [6, 6.07) is 14.5. The van der Waals surface area contributed by atoms with Crippen LogP contribution < -0.4 is 5.32 Å². The number of aromatic nitrogens is 5. The van der Waals surface area contributed by atoms with Crippen molar-refractivity contribution in [3.05, 3.63) is 75.5 Å². The molecule has 1 N–H and O–H groups in total. The third-order valence-electron chi connectivity index (χ3n) is 5.28. The molecule has 0 saturated carbocycles. The minimum atomic E-state index is -0.0772. The van der Waals surface area contributed by atoms with Gasteiger partial charge >= 0.3 is 0 Å². The van der Waals surface area contributed by atoms with Gasteiger partial charge in [0.1, 0.15) is 5.82 Å². The molecule has 32 heavy (non-hydrogen) atoms. The minimum Gasteiger partial charge on any atom is -0.322 e. The van der Waals surface area contributed by atoms with Gasteiger partial charge in [0.2, 0.25) is 5.91 Å². The van der Waals surface area contributed by atoms with Gasteiger partial charge in [-0.25, -0.2) is 0 Å². The fourth-order valence-electron chi connectivity index (χ4n) is 3.50. The molecule has 1 amide bonds. The molecule has 4 aromatic rings. The molecule has 0 fully saturated rings. The normalized spacial score (nSPS) is 11.1. The van der Waals surface area contributed by atoms with Crippen molar-refractivity contribution in [2.75, 3.05) is 11.1 Å². The zero-order valence-electron chi connectivity index (χ0n) is 18.4. The Balaban J connectivity index is 1.46. The topological polar surface area (TPSA) is 77.6 Å². The van der Waals surface area contributed by atoms with Crippen molar-refractivity contribution in [2.24, 2.45) is 7.05 Å². The van der Waals surface area contributed by atoms with E-state index >= 15 is 0 Å². The van der Waals surface area contributed by atoms with E-state index in [4.69, 9.17) is 0 Å². The standard InChI is InChI=1S/C23H26N6OS2/c1-16-22(17(2)28(3)27-16)24-21(30)15-32-23-26-25-20(14-19-10-7-13-31-19)29(23)12-11-18-8-5-4-6-9-18/h4-10,13H,11-12,14-15H2,1-3H3,(H,24,30). The maximum Gasteiger partial charge on any atom is 0.234 e. The molecular formula is C23H26N6OS2. The Hall–Kier alpha value is -2.91. The Labute approximate surface area is 195 Å². The van der Waals surface area contributed by atoms with Crippen molar-refractivity contribution in [1.82, 2.24) is 24.5 Å². The van der Waals surface area contributed by atoms with Gasteiger partial charge in [-0.3, -0.25) is 9.48 Å². The highest BCUT2D eigenvalue weighted by molar-refractivity contribution is 7.99. The summed E-state index contributed by atoms with van der Waals surface area (Å²) < 4.78 is 3.92. The molecule has 0 aliphatic carbocycles. The molecule has 0 aliphatic heterocycles. The predicted octanol–water partition coefficient (Wildman–Crippen LogP) is 4.25. The largest absolute Gasteiger partial charge is 0.322 e. The third kappa shape index (κ3) is 5.28. The van der Waals surface area contributed by atoms with Crippen LogP contribution in [0.4, 0.5) is 5.69 Å². The predicted molar refractivity (Wildman–Crippen MR) is 129 cm³/mol. The molecule has 0 radical (unpaired) electrons. The maximum atomic E-state index is 12.6. The van der Waals surface area contributed by atoms with Crippen molar-refractivity contribution in [3.63, 3.8) is 0 Å². The first-order valence-electron chi connectivity index (χ1n) is 10.4. The van der Waals surface area contributed by atoms with Crippen LogP contribution in [0.3, 0.4) is 0 Å². The summed E-state index contributed by atoms with van der Waals surface area (Å²) in [6.07, 6.45) is 1.62. The summed E-state index contributed by atoms with van der Waals surface area (Å²) in [6.45, 7) is 4.61. The van der Waals surface area contributed by atoms with Gasteiger partial charge in [-0.15, -0.1) is 21.5 Å². The Bertz CT molecular complexity index is 1180. The Morgan fingerprint density at radius 2 is 1.94 bits per heavy atom. The molecule has 4 rings (SSSR count). The minimum absolute atomic E-state index is 0.0772. The van der Waals surface area contributed by atoms with Crippen LogP contribution in [0, 0.1) is 13.8 Å². The van der Waals surface area contributed by atoms with Crippen molar-refractivity contribution in [2.45, 2.75) is 38.4 Å². The molecule has 0 unspecified atom stereocenters. The van der Waals surface area contributed by atoms with Gasteiger partial charge in [0.15, 0.2) is 5.16 Å². The number of amides is 1. The van der Waals surface area contributed by atoms with Crippen LogP contribution in [0.2, 0.25) is 0 Å². The smallest absolute Gasteiger partial charge is 0.234 e. The lowest BCUT2D eigenvalue weighted by molar-refractivity contribution is -0.113. The molecular weight excluding hydrogens is 440 g/mol. The van der Waals surface area contributed by atoms with Crippen molar-refractivity contribution in [3.8, 4) is 0 Å². The van der Waals surface area contributed by atoms with Gasteiger partial charge < -0.3 is 9.88 Å². The van der Waals surface area contributed by atoms with Crippen LogP contribution in [0.5, 0.6) is 0 Å². The lowest BCUT2D eigenvalue weighted by Gasteiger charge is -2.10. The molecule has 0 aliphatic rings. The third-order valence-corrected chi connectivity index (χ3v) is 7.12. The number of nitrogens with zero attached hydrogens (tertiary/aromatic N) is 5. The number of thiophene rings is 1. The molecule has 166 valence electrons. The second-order valence-corrected chi connectivity index (χ2v) is 9.52. The number of carbonyl (C=O) groups is 1. The van der Waals surface area contributed by atoms with Crippen molar-refractivity contribution < 1.29 is 4.79 Å². The molecule has 0 atom stereocenters. The molecule has 0 spiro atoms. The Kier molecular flexibility index (Phi) is 7.06. The summed E-state index contributed by atoms with van der Waals surface area (Å²) in [5.41, 5.74) is 3.79. The average molecular weight is 467 g/mol. The number of hydrogen-bond acceptors (Lipinski definition) is 6. The number of rotatable bonds is 9. The van der Waals surface area contributed by atoms with Crippen molar-refractivity contribution in [1.29, 1.82) is 0 Å². The van der Waals surface area contributed by atoms with Gasteiger partial charge in [-0.2, -0.15) is 5.10 Å². The van der Waals surface area contributed by atoms with Crippen LogP contribution in [-0.2, 0) is 31.2 Å². The number of benzene rings is 1.